The van der Waals surface area contributed by atoms with Gasteiger partial charge in [-0.2, -0.15) is 8.78 Å². The molecule has 2 atom stereocenters. The van der Waals surface area contributed by atoms with Crippen molar-refractivity contribution < 1.29 is 37.7 Å². The van der Waals surface area contributed by atoms with Crippen LogP contribution in [0.4, 0.5) is 13.9 Å². The number of hydrogen-bond acceptors (Lipinski definition) is 9. The van der Waals surface area contributed by atoms with E-state index in [-0.39, 0.29) is 16.5 Å². The monoisotopic (exact) mass is 511 g/mol. The Hall–Kier alpha value is -3.59. The number of carboxylic acid groups (broad SMARTS) is 1. The number of halogens is 2. The molecule has 2 amide bonds. The zero-order valence-corrected chi connectivity index (χ0v) is 19.0. The summed E-state index contributed by atoms with van der Waals surface area (Å²) in [7, 11) is 1.75. The van der Waals surface area contributed by atoms with Crippen LogP contribution in [0.25, 0.3) is 4.91 Å². The van der Waals surface area contributed by atoms with Crippen molar-refractivity contribution in [2.45, 2.75) is 18.7 Å². The summed E-state index contributed by atoms with van der Waals surface area (Å²) in [6, 6.07) is 3.52. The van der Waals surface area contributed by atoms with Crippen LogP contribution in [-0.4, -0.2) is 62.9 Å². The quantitative estimate of drug-likeness (QED) is 0.209. The first-order valence-electron chi connectivity index (χ1n) is 9.61. The van der Waals surface area contributed by atoms with Crippen LogP contribution in [0.5, 0.6) is 0 Å². The molecular weight excluding hydrogens is 494 g/mol. The Labute approximate surface area is 198 Å². The van der Waals surface area contributed by atoms with Gasteiger partial charge in [-0.25, -0.2) is 14.3 Å². The molecule has 34 heavy (non-hydrogen) atoms. The number of aromatic nitrogens is 2. The van der Waals surface area contributed by atoms with E-state index in [0.717, 1.165) is 16.2 Å². The zero-order chi connectivity index (χ0) is 24.6. The molecule has 0 spiro atoms. The largest absolute Gasteiger partial charge is 0.477 e. The van der Waals surface area contributed by atoms with Crippen LogP contribution in [0.1, 0.15) is 11.4 Å². The number of nitrogen functional groups attached to an aromatic ring is 1. The lowest BCUT2D eigenvalue weighted by Crippen LogP contribution is -2.73. The molecule has 4 heterocycles. The summed E-state index contributed by atoms with van der Waals surface area (Å²) in [6.07, 6.45) is 1.75. The SMILES string of the molecule is C[n+]1ccccc1C1=C(C(=O)O)N2C(=O)C(NC(=O)C(=NOC(F)F)c3csc(N)n3)C2CS1. The first-order chi connectivity index (χ1) is 16.2. The number of nitrogens with one attached hydrogen (secondary N) is 1. The maximum Gasteiger partial charge on any atom is 0.407 e. The Morgan fingerprint density at radius 3 is 2.82 bits per heavy atom. The van der Waals surface area contributed by atoms with Crippen LogP contribution in [0.15, 0.2) is 40.6 Å². The van der Waals surface area contributed by atoms with Crippen molar-refractivity contribution in [1.82, 2.24) is 15.2 Å². The average Bonchev–Trinajstić information content (AvgIpc) is 3.22. The number of nitrogens with zero attached hydrogens (tertiary/aromatic N) is 4. The third-order valence-corrected chi connectivity index (χ3v) is 6.93. The summed E-state index contributed by atoms with van der Waals surface area (Å²) in [5.41, 5.74) is 5.27. The van der Waals surface area contributed by atoms with Gasteiger partial charge in [-0.3, -0.25) is 14.5 Å². The van der Waals surface area contributed by atoms with E-state index < -0.39 is 42.2 Å². The molecule has 2 aromatic rings. The van der Waals surface area contributed by atoms with Crippen molar-refractivity contribution in [2.24, 2.45) is 12.2 Å². The summed E-state index contributed by atoms with van der Waals surface area (Å²) in [5, 5.41) is 16.8. The first kappa shape index (κ1) is 23.6. The molecule has 11 nitrogen and oxygen atoms in total. The highest BCUT2D eigenvalue weighted by Crippen LogP contribution is 2.42. The van der Waals surface area contributed by atoms with Gasteiger partial charge < -0.3 is 21.0 Å². The van der Waals surface area contributed by atoms with Gasteiger partial charge in [0.1, 0.15) is 23.7 Å². The van der Waals surface area contributed by atoms with Gasteiger partial charge in [-0.1, -0.05) is 5.16 Å². The second-order valence-electron chi connectivity index (χ2n) is 7.09. The summed E-state index contributed by atoms with van der Waals surface area (Å²) < 4.78 is 26.7. The smallest absolute Gasteiger partial charge is 0.407 e. The summed E-state index contributed by atoms with van der Waals surface area (Å²) in [6.45, 7) is -3.28. The van der Waals surface area contributed by atoms with Gasteiger partial charge in [-0.15, -0.1) is 23.1 Å². The summed E-state index contributed by atoms with van der Waals surface area (Å²) >= 11 is 2.19. The molecule has 2 aromatic heterocycles. The molecule has 4 N–H and O–H groups in total. The van der Waals surface area contributed by atoms with E-state index in [1.165, 1.54) is 17.1 Å². The van der Waals surface area contributed by atoms with Crippen LogP contribution < -0.4 is 15.6 Å². The van der Waals surface area contributed by atoms with Crippen molar-refractivity contribution in [3.8, 4) is 0 Å². The number of carboxylic acids is 1. The fraction of sp³-hybridized carbons (Fsp3) is 0.263. The van der Waals surface area contributed by atoms with E-state index >= 15 is 0 Å². The molecule has 4 rings (SSSR count). The Morgan fingerprint density at radius 1 is 1.44 bits per heavy atom. The number of carbonyl (C=O) groups is 3. The van der Waals surface area contributed by atoms with Crippen LogP contribution in [0.3, 0.4) is 0 Å². The number of nitrogens with two attached hydrogens (primary N) is 1. The normalized spacial score (nSPS) is 20.2. The number of aliphatic carboxylic acids is 1. The predicted molar refractivity (Wildman–Crippen MR) is 117 cm³/mol. The van der Waals surface area contributed by atoms with Crippen molar-refractivity contribution >= 4 is 56.6 Å². The highest BCUT2D eigenvalue weighted by molar-refractivity contribution is 8.08. The highest BCUT2D eigenvalue weighted by atomic mass is 32.2. The molecule has 2 aliphatic heterocycles. The second kappa shape index (κ2) is 9.34. The number of β-lactam (4-membered cyclic amide) rings is 1. The molecular formula is C19H17F2N6O5S2+. The Balaban J connectivity index is 1.59. The number of aryl methyl sites for hydroxylation is 1. The van der Waals surface area contributed by atoms with Gasteiger partial charge >= 0.3 is 12.6 Å². The molecule has 0 saturated carbocycles. The molecule has 0 bridgehead atoms. The van der Waals surface area contributed by atoms with Crippen molar-refractivity contribution in [2.75, 3.05) is 11.5 Å². The number of thiazole rings is 1. The number of amides is 2. The van der Waals surface area contributed by atoms with E-state index in [9.17, 15) is 28.3 Å². The summed E-state index contributed by atoms with van der Waals surface area (Å²) in [4.78, 5) is 47.1. The van der Waals surface area contributed by atoms with Crippen LogP contribution in [0.2, 0.25) is 0 Å². The average molecular weight is 512 g/mol. The van der Waals surface area contributed by atoms with Gasteiger partial charge in [-0.05, 0) is 6.07 Å². The zero-order valence-electron chi connectivity index (χ0n) is 17.3. The van der Waals surface area contributed by atoms with Crippen LogP contribution >= 0.6 is 23.1 Å². The van der Waals surface area contributed by atoms with E-state index in [4.69, 9.17) is 5.73 Å². The number of fused-ring (bicyclic) bond motifs is 1. The topological polar surface area (TPSA) is 151 Å². The molecule has 0 aliphatic carbocycles. The van der Waals surface area contributed by atoms with Gasteiger partial charge in [0.05, 0.1) is 6.04 Å². The Bertz CT molecular complexity index is 1230. The van der Waals surface area contributed by atoms with E-state index in [1.807, 2.05) is 0 Å². The van der Waals surface area contributed by atoms with Crippen LogP contribution in [-0.2, 0) is 26.3 Å². The number of carbonyl (C=O) groups excluding carboxylic acids is 2. The maximum atomic E-state index is 12.9. The second-order valence-corrected chi connectivity index (χ2v) is 9.01. The molecule has 2 unspecified atom stereocenters. The standard InChI is InChI=1S/C19H16F2N6O5S2/c1-26-5-3-2-4-9(26)14-13(17(30)31)27-10(7-33-14)12(16(27)29)24-15(28)11(25-32-18(20)21)8-6-34-19(22)23-8/h2-6,10,12,18H,7H2,1H3,(H3-,22,23,24,28,30,31)/p+1. The third-order valence-electron chi connectivity index (χ3n) is 5.05. The van der Waals surface area contributed by atoms with Crippen LogP contribution in [0, 0.1) is 0 Å². The van der Waals surface area contributed by atoms with Crippen molar-refractivity contribution in [1.29, 1.82) is 0 Å². The van der Waals surface area contributed by atoms with E-state index in [1.54, 1.807) is 36.0 Å². The maximum absolute atomic E-state index is 12.9. The molecule has 1 saturated heterocycles. The number of oxime groups is 1. The molecule has 2 aliphatic rings. The number of pyridine rings is 1. The van der Waals surface area contributed by atoms with Gasteiger partial charge in [0.2, 0.25) is 5.69 Å². The number of alkyl halides is 2. The Kier molecular flexibility index (Phi) is 6.47. The fourth-order valence-electron chi connectivity index (χ4n) is 3.55. The molecule has 178 valence electrons. The molecule has 0 aromatic carbocycles. The van der Waals surface area contributed by atoms with Gasteiger partial charge in [0, 0.05) is 23.3 Å². The lowest BCUT2D eigenvalue weighted by Gasteiger charge is -2.49. The number of rotatable bonds is 7. The van der Waals surface area contributed by atoms with Gasteiger partial charge in [0.15, 0.2) is 22.7 Å². The van der Waals surface area contributed by atoms with E-state index in [2.05, 4.69) is 20.3 Å². The molecule has 1 fully saturated rings. The summed E-state index contributed by atoms with van der Waals surface area (Å²) in [5.74, 6) is -2.64. The number of hydrogen-bond donors (Lipinski definition) is 3. The van der Waals surface area contributed by atoms with Crippen molar-refractivity contribution in [3.63, 3.8) is 0 Å². The minimum atomic E-state index is -3.28. The van der Waals surface area contributed by atoms with E-state index in [0.29, 0.717) is 16.4 Å². The minimum Gasteiger partial charge on any atom is -0.477 e. The van der Waals surface area contributed by atoms with Gasteiger partial charge in [0.25, 0.3) is 11.8 Å². The Morgan fingerprint density at radius 2 is 2.21 bits per heavy atom. The lowest BCUT2D eigenvalue weighted by atomic mass is 9.94. The predicted octanol–water partition coefficient (Wildman–Crippen LogP) is 0.389. The fourth-order valence-corrected chi connectivity index (χ4v) is 5.46. The first-order valence-corrected chi connectivity index (χ1v) is 11.5. The number of anilines is 1. The molecule has 0 radical (unpaired) electrons. The lowest BCUT2D eigenvalue weighted by molar-refractivity contribution is -0.673. The molecule has 15 heteroatoms. The number of thioether (sulfide) groups is 1. The van der Waals surface area contributed by atoms with Crippen molar-refractivity contribution in [3.05, 3.63) is 46.9 Å². The highest BCUT2D eigenvalue weighted by Gasteiger charge is 2.55. The minimum absolute atomic E-state index is 0.0694. The third kappa shape index (κ3) is 4.31.